The van der Waals surface area contributed by atoms with E-state index in [1.165, 1.54) is 0 Å². The standard InChI is InChI=1S/C16H21N3O2/c1-5-21-14-8-11(6-7-13(14)20)16-18-12(10(2)3)9-15(17-4)19-16/h6-10,20H,5H2,1-4H3,(H,17,18,19). The van der Waals surface area contributed by atoms with E-state index >= 15 is 0 Å². The molecule has 0 saturated heterocycles. The summed E-state index contributed by atoms with van der Waals surface area (Å²) in [4.78, 5) is 9.07. The smallest absolute Gasteiger partial charge is 0.161 e. The first-order valence-corrected chi connectivity index (χ1v) is 7.08. The molecule has 0 fully saturated rings. The molecule has 0 spiro atoms. The number of phenols is 1. The number of ether oxygens (including phenoxy) is 1. The van der Waals surface area contributed by atoms with E-state index in [0.717, 1.165) is 17.1 Å². The zero-order chi connectivity index (χ0) is 15.4. The highest BCUT2D eigenvalue weighted by molar-refractivity contribution is 5.62. The summed E-state index contributed by atoms with van der Waals surface area (Å²) in [6, 6.07) is 7.09. The Kier molecular flexibility index (Phi) is 4.62. The third kappa shape index (κ3) is 3.42. The summed E-state index contributed by atoms with van der Waals surface area (Å²) in [7, 11) is 1.83. The molecule has 0 unspecified atom stereocenters. The summed E-state index contributed by atoms with van der Waals surface area (Å²) >= 11 is 0. The molecule has 1 aromatic carbocycles. The van der Waals surface area contributed by atoms with Crippen LogP contribution in [0.15, 0.2) is 24.3 Å². The van der Waals surface area contributed by atoms with Crippen LogP contribution in [0.1, 0.15) is 32.4 Å². The maximum absolute atomic E-state index is 9.78. The van der Waals surface area contributed by atoms with Gasteiger partial charge in [-0.3, -0.25) is 0 Å². The van der Waals surface area contributed by atoms with E-state index < -0.39 is 0 Å². The van der Waals surface area contributed by atoms with E-state index in [4.69, 9.17) is 4.74 Å². The van der Waals surface area contributed by atoms with Crippen molar-refractivity contribution in [3.05, 3.63) is 30.0 Å². The molecule has 5 nitrogen and oxygen atoms in total. The van der Waals surface area contributed by atoms with Crippen molar-refractivity contribution in [2.45, 2.75) is 26.7 Å². The van der Waals surface area contributed by atoms with Gasteiger partial charge in [0.05, 0.1) is 6.61 Å². The van der Waals surface area contributed by atoms with Crippen molar-refractivity contribution in [3.8, 4) is 22.9 Å². The summed E-state index contributed by atoms with van der Waals surface area (Å²) in [6.07, 6.45) is 0. The van der Waals surface area contributed by atoms with Gasteiger partial charge in [-0.2, -0.15) is 0 Å². The van der Waals surface area contributed by atoms with Gasteiger partial charge in [-0.25, -0.2) is 9.97 Å². The minimum Gasteiger partial charge on any atom is -0.504 e. The molecule has 0 atom stereocenters. The second-order valence-electron chi connectivity index (χ2n) is 5.02. The number of rotatable bonds is 5. The first-order valence-electron chi connectivity index (χ1n) is 7.08. The van der Waals surface area contributed by atoms with Gasteiger partial charge in [0.2, 0.25) is 0 Å². The lowest BCUT2D eigenvalue weighted by Gasteiger charge is -2.11. The van der Waals surface area contributed by atoms with Crippen LogP contribution in [0.5, 0.6) is 11.5 Å². The largest absolute Gasteiger partial charge is 0.504 e. The van der Waals surface area contributed by atoms with Crippen LogP contribution in [0.4, 0.5) is 5.82 Å². The van der Waals surface area contributed by atoms with Gasteiger partial charge in [0, 0.05) is 24.4 Å². The normalized spacial score (nSPS) is 10.7. The molecular formula is C16H21N3O2. The van der Waals surface area contributed by atoms with Gasteiger partial charge in [0.15, 0.2) is 17.3 Å². The molecule has 1 aromatic heterocycles. The van der Waals surface area contributed by atoms with E-state index in [1.807, 2.05) is 20.0 Å². The van der Waals surface area contributed by atoms with Crippen LogP contribution in [-0.2, 0) is 0 Å². The number of nitrogens with one attached hydrogen (secondary N) is 1. The molecule has 5 heteroatoms. The fourth-order valence-corrected chi connectivity index (χ4v) is 1.94. The first kappa shape index (κ1) is 15.1. The van der Waals surface area contributed by atoms with Gasteiger partial charge >= 0.3 is 0 Å². The molecule has 112 valence electrons. The summed E-state index contributed by atoms with van der Waals surface area (Å²) in [5, 5.41) is 12.8. The molecule has 2 rings (SSSR count). The predicted molar refractivity (Wildman–Crippen MR) is 83.9 cm³/mol. The average Bonchev–Trinajstić information content (AvgIpc) is 2.49. The molecule has 0 amide bonds. The Labute approximate surface area is 125 Å². The van der Waals surface area contributed by atoms with Crippen LogP contribution >= 0.6 is 0 Å². The monoisotopic (exact) mass is 287 g/mol. The number of anilines is 1. The number of benzene rings is 1. The Morgan fingerprint density at radius 2 is 2.00 bits per heavy atom. The third-order valence-electron chi connectivity index (χ3n) is 3.11. The zero-order valence-electron chi connectivity index (χ0n) is 12.8. The zero-order valence-corrected chi connectivity index (χ0v) is 12.8. The summed E-state index contributed by atoms with van der Waals surface area (Å²) in [6.45, 7) is 6.55. The minimum absolute atomic E-state index is 0.120. The van der Waals surface area contributed by atoms with Crippen LogP contribution in [0.3, 0.4) is 0 Å². The third-order valence-corrected chi connectivity index (χ3v) is 3.11. The second kappa shape index (κ2) is 6.43. The predicted octanol–water partition coefficient (Wildman–Crippen LogP) is 3.41. The Morgan fingerprint density at radius 3 is 2.62 bits per heavy atom. The lowest BCUT2D eigenvalue weighted by atomic mass is 10.1. The molecule has 0 bridgehead atoms. The van der Waals surface area contributed by atoms with Crippen LogP contribution in [-0.4, -0.2) is 28.7 Å². The average molecular weight is 287 g/mol. The SMILES string of the molecule is CCOc1cc(-c2nc(NC)cc(C(C)C)n2)ccc1O. The fraction of sp³-hybridized carbons (Fsp3) is 0.375. The number of phenolic OH excluding ortho intramolecular Hbond substituents is 1. The molecule has 0 radical (unpaired) electrons. The van der Waals surface area contributed by atoms with E-state index in [0.29, 0.717) is 24.1 Å². The molecule has 0 aliphatic carbocycles. The van der Waals surface area contributed by atoms with Crippen molar-refractivity contribution in [1.82, 2.24) is 9.97 Å². The molecular weight excluding hydrogens is 266 g/mol. The van der Waals surface area contributed by atoms with E-state index in [9.17, 15) is 5.11 Å². The Bertz CT molecular complexity index is 627. The van der Waals surface area contributed by atoms with Gasteiger partial charge < -0.3 is 15.2 Å². The van der Waals surface area contributed by atoms with E-state index in [1.54, 1.807) is 18.2 Å². The summed E-state index contributed by atoms with van der Waals surface area (Å²) < 4.78 is 5.41. The van der Waals surface area contributed by atoms with Crippen LogP contribution in [0.25, 0.3) is 11.4 Å². The number of aromatic nitrogens is 2. The van der Waals surface area contributed by atoms with Crippen LogP contribution < -0.4 is 10.1 Å². The molecule has 0 aliphatic rings. The molecule has 0 aliphatic heterocycles. The second-order valence-corrected chi connectivity index (χ2v) is 5.02. The van der Waals surface area contributed by atoms with Gasteiger partial charge in [-0.15, -0.1) is 0 Å². The first-order chi connectivity index (χ1) is 10.0. The molecule has 2 aromatic rings. The number of hydrogen-bond donors (Lipinski definition) is 2. The molecule has 2 N–H and O–H groups in total. The quantitative estimate of drug-likeness (QED) is 0.882. The van der Waals surface area contributed by atoms with Crippen LogP contribution in [0.2, 0.25) is 0 Å². The Balaban J connectivity index is 2.50. The van der Waals surface area contributed by atoms with Crippen molar-refractivity contribution >= 4 is 5.82 Å². The van der Waals surface area contributed by atoms with Gasteiger partial charge in [-0.05, 0) is 31.0 Å². The Morgan fingerprint density at radius 1 is 1.24 bits per heavy atom. The number of nitrogens with zero attached hydrogens (tertiary/aromatic N) is 2. The lowest BCUT2D eigenvalue weighted by Crippen LogP contribution is -2.02. The topological polar surface area (TPSA) is 67.3 Å². The van der Waals surface area contributed by atoms with Gasteiger partial charge in [-0.1, -0.05) is 13.8 Å². The maximum atomic E-state index is 9.78. The molecule has 21 heavy (non-hydrogen) atoms. The van der Waals surface area contributed by atoms with Crippen molar-refractivity contribution in [2.24, 2.45) is 0 Å². The fourth-order valence-electron chi connectivity index (χ4n) is 1.94. The number of hydrogen-bond acceptors (Lipinski definition) is 5. The highest BCUT2D eigenvalue weighted by Gasteiger charge is 2.11. The Hall–Kier alpha value is -2.30. The summed E-state index contributed by atoms with van der Waals surface area (Å²) in [5.41, 5.74) is 1.78. The molecule has 1 heterocycles. The van der Waals surface area contributed by atoms with E-state index in [-0.39, 0.29) is 5.75 Å². The van der Waals surface area contributed by atoms with Gasteiger partial charge in [0.25, 0.3) is 0 Å². The number of aromatic hydroxyl groups is 1. The molecule has 0 saturated carbocycles. The van der Waals surface area contributed by atoms with Gasteiger partial charge in [0.1, 0.15) is 5.82 Å². The van der Waals surface area contributed by atoms with Crippen molar-refractivity contribution in [2.75, 3.05) is 19.0 Å². The summed E-state index contributed by atoms with van der Waals surface area (Å²) in [5.74, 6) is 2.26. The van der Waals surface area contributed by atoms with Crippen LogP contribution in [0, 0.1) is 0 Å². The van der Waals surface area contributed by atoms with Crippen molar-refractivity contribution < 1.29 is 9.84 Å². The van der Waals surface area contributed by atoms with Crippen molar-refractivity contribution in [3.63, 3.8) is 0 Å². The minimum atomic E-state index is 0.120. The van der Waals surface area contributed by atoms with Crippen molar-refractivity contribution in [1.29, 1.82) is 0 Å². The lowest BCUT2D eigenvalue weighted by molar-refractivity contribution is 0.318. The maximum Gasteiger partial charge on any atom is 0.161 e. The highest BCUT2D eigenvalue weighted by Crippen LogP contribution is 2.31. The van der Waals surface area contributed by atoms with E-state index in [2.05, 4.69) is 29.1 Å². The highest BCUT2D eigenvalue weighted by atomic mass is 16.5.